The molecule has 1 aliphatic rings. The lowest BCUT2D eigenvalue weighted by Crippen LogP contribution is -2.27. The zero-order valence-electron chi connectivity index (χ0n) is 12.9. The molecule has 2 aromatic rings. The van der Waals surface area contributed by atoms with E-state index in [-0.39, 0.29) is 24.3 Å². The number of thiazole rings is 1. The number of hydrogen-bond donors (Lipinski definition) is 1. The number of amides is 2. The highest BCUT2D eigenvalue weighted by Gasteiger charge is 2.18. The van der Waals surface area contributed by atoms with E-state index < -0.39 is 0 Å². The SMILES string of the molecule is C=CCN(C)C(=O)c1csc(NC(=O)c2ccc3c(c2)OCO3)n1. The third-order valence-corrected chi connectivity index (χ3v) is 4.09. The molecule has 0 aliphatic carbocycles. The fraction of sp³-hybridized carbons (Fsp3) is 0.188. The highest BCUT2D eigenvalue weighted by atomic mass is 32.1. The van der Waals surface area contributed by atoms with Crippen LogP contribution in [0.25, 0.3) is 0 Å². The topological polar surface area (TPSA) is 80.8 Å². The number of fused-ring (bicyclic) bond motifs is 1. The standard InChI is InChI=1S/C16H15N3O4S/c1-3-6-19(2)15(21)11-8-24-16(17-11)18-14(20)10-4-5-12-13(7-10)23-9-22-12/h3-5,7-8H,1,6,9H2,2H3,(H,17,18,20). The number of carbonyl (C=O) groups excluding carboxylic acids is 2. The minimum absolute atomic E-state index is 0.149. The van der Waals surface area contributed by atoms with E-state index in [9.17, 15) is 9.59 Å². The average Bonchev–Trinajstić information content (AvgIpc) is 3.22. The number of hydrogen-bond acceptors (Lipinski definition) is 6. The molecule has 0 saturated heterocycles. The fourth-order valence-electron chi connectivity index (χ4n) is 2.11. The Labute approximate surface area is 142 Å². The van der Waals surface area contributed by atoms with Crippen LogP contribution in [0.5, 0.6) is 11.5 Å². The number of nitrogens with one attached hydrogen (secondary N) is 1. The molecule has 1 N–H and O–H groups in total. The Kier molecular flexibility index (Phi) is 4.48. The van der Waals surface area contributed by atoms with Crippen LogP contribution in [0, 0.1) is 0 Å². The van der Waals surface area contributed by atoms with Gasteiger partial charge in [0.05, 0.1) is 0 Å². The van der Waals surface area contributed by atoms with Crippen molar-refractivity contribution < 1.29 is 19.1 Å². The summed E-state index contributed by atoms with van der Waals surface area (Å²) in [5, 5.41) is 4.64. The first-order chi connectivity index (χ1) is 11.6. The number of aromatic nitrogens is 1. The fourth-order valence-corrected chi connectivity index (χ4v) is 2.79. The van der Waals surface area contributed by atoms with Gasteiger partial charge in [0.15, 0.2) is 16.6 Å². The maximum Gasteiger partial charge on any atom is 0.273 e. The largest absolute Gasteiger partial charge is 0.454 e. The van der Waals surface area contributed by atoms with E-state index in [1.807, 2.05) is 0 Å². The predicted octanol–water partition coefficient (Wildman–Crippen LogP) is 2.38. The van der Waals surface area contributed by atoms with Gasteiger partial charge in [-0.1, -0.05) is 6.08 Å². The minimum atomic E-state index is -0.332. The lowest BCUT2D eigenvalue weighted by molar-refractivity contribution is 0.0805. The summed E-state index contributed by atoms with van der Waals surface area (Å²) >= 11 is 1.19. The molecule has 0 unspecified atom stereocenters. The van der Waals surface area contributed by atoms with Crippen LogP contribution in [0.15, 0.2) is 36.2 Å². The summed E-state index contributed by atoms with van der Waals surface area (Å²) in [4.78, 5) is 30.0. The first-order valence-corrected chi connectivity index (χ1v) is 7.99. The molecule has 2 heterocycles. The van der Waals surface area contributed by atoms with E-state index >= 15 is 0 Å². The number of benzene rings is 1. The highest BCUT2D eigenvalue weighted by Crippen LogP contribution is 2.32. The van der Waals surface area contributed by atoms with Crippen LogP contribution in [0.4, 0.5) is 5.13 Å². The summed E-state index contributed by atoms with van der Waals surface area (Å²) in [5.74, 6) is 0.582. The van der Waals surface area contributed by atoms with Crippen molar-refractivity contribution in [2.24, 2.45) is 0 Å². The molecule has 0 fully saturated rings. The van der Waals surface area contributed by atoms with Gasteiger partial charge < -0.3 is 14.4 Å². The van der Waals surface area contributed by atoms with Crippen LogP contribution >= 0.6 is 11.3 Å². The van der Waals surface area contributed by atoms with Crippen molar-refractivity contribution in [2.75, 3.05) is 25.7 Å². The second kappa shape index (κ2) is 6.71. The number of rotatable bonds is 5. The molecule has 24 heavy (non-hydrogen) atoms. The van der Waals surface area contributed by atoms with Crippen LogP contribution in [0.2, 0.25) is 0 Å². The molecule has 7 nitrogen and oxygen atoms in total. The molecule has 2 amide bonds. The van der Waals surface area contributed by atoms with Crippen LogP contribution in [-0.2, 0) is 0 Å². The van der Waals surface area contributed by atoms with E-state index in [0.29, 0.717) is 28.7 Å². The molecule has 3 rings (SSSR count). The molecular formula is C16H15N3O4S. The Morgan fingerprint density at radius 1 is 1.42 bits per heavy atom. The summed E-state index contributed by atoms with van der Waals surface area (Å²) < 4.78 is 10.5. The molecular weight excluding hydrogens is 330 g/mol. The Balaban J connectivity index is 1.69. The van der Waals surface area contributed by atoms with Gasteiger partial charge in [-0.3, -0.25) is 14.9 Å². The van der Waals surface area contributed by atoms with Crippen molar-refractivity contribution in [2.45, 2.75) is 0 Å². The monoisotopic (exact) mass is 345 g/mol. The van der Waals surface area contributed by atoms with E-state index in [4.69, 9.17) is 9.47 Å². The molecule has 1 aromatic carbocycles. The number of anilines is 1. The normalized spacial score (nSPS) is 11.9. The molecule has 1 aliphatic heterocycles. The van der Waals surface area contributed by atoms with Crippen molar-refractivity contribution in [1.82, 2.24) is 9.88 Å². The third-order valence-electron chi connectivity index (χ3n) is 3.33. The summed E-state index contributed by atoms with van der Waals surface area (Å²) in [7, 11) is 1.66. The molecule has 0 atom stereocenters. The first kappa shape index (κ1) is 16.0. The Morgan fingerprint density at radius 2 is 2.21 bits per heavy atom. The number of likely N-dealkylation sites (N-methyl/N-ethyl adjacent to an activating group) is 1. The zero-order chi connectivity index (χ0) is 17.1. The lowest BCUT2D eigenvalue weighted by Gasteiger charge is -2.12. The van der Waals surface area contributed by atoms with Crippen LogP contribution in [-0.4, -0.2) is 42.1 Å². The molecule has 124 valence electrons. The van der Waals surface area contributed by atoms with Gasteiger partial charge in [0.1, 0.15) is 5.69 Å². The summed E-state index contributed by atoms with van der Waals surface area (Å²) in [6, 6.07) is 4.92. The Bertz CT molecular complexity index is 802. The Hall–Kier alpha value is -2.87. The Morgan fingerprint density at radius 3 is 3.00 bits per heavy atom. The van der Waals surface area contributed by atoms with Crippen molar-refractivity contribution in [3.63, 3.8) is 0 Å². The average molecular weight is 345 g/mol. The van der Waals surface area contributed by atoms with Crippen LogP contribution in [0.3, 0.4) is 0 Å². The summed E-state index contributed by atoms with van der Waals surface area (Å²) in [6.45, 7) is 4.17. The van der Waals surface area contributed by atoms with Gasteiger partial charge in [-0.15, -0.1) is 17.9 Å². The maximum atomic E-state index is 12.3. The number of ether oxygens (including phenoxy) is 2. The van der Waals surface area contributed by atoms with Crippen LogP contribution < -0.4 is 14.8 Å². The van der Waals surface area contributed by atoms with Crippen molar-refractivity contribution in [1.29, 1.82) is 0 Å². The number of carbonyl (C=O) groups is 2. The van der Waals surface area contributed by atoms with Crippen molar-refractivity contribution in [3.8, 4) is 11.5 Å². The maximum absolute atomic E-state index is 12.3. The van der Waals surface area contributed by atoms with Gasteiger partial charge in [0, 0.05) is 24.5 Å². The van der Waals surface area contributed by atoms with E-state index in [1.165, 1.54) is 16.2 Å². The van der Waals surface area contributed by atoms with Gasteiger partial charge in [-0.25, -0.2) is 4.98 Å². The summed E-state index contributed by atoms with van der Waals surface area (Å²) in [6.07, 6.45) is 1.63. The second-order valence-electron chi connectivity index (χ2n) is 5.03. The van der Waals surface area contributed by atoms with Gasteiger partial charge in [-0.2, -0.15) is 0 Å². The van der Waals surface area contributed by atoms with Crippen molar-refractivity contribution >= 4 is 28.3 Å². The summed E-state index contributed by atoms with van der Waals surface area (Å²) in [5.41, 5.74) is 0.705. The van der Waals surface area contributed by atoms with Crippen LogP contribution in [0.1, 0.15) is 20.8 Å². The van der Waals surface area contributed by atoms with Gasteiger partial charge in [0.2, 0.25) is 6.79 Å². The van der Waals surface area contributed by atoms with Gasteiger partial charge >= 0.3 is 0 Å². The molecule has 1 aromatic heterocycles. The van der Waals surface area contributed by atoms with Gasteiger partial charge in [0.25, 0.3) is 11.8 Å². The minimum Gasteiger partial charge on any atom is -0.454 e. The second-order valence-corrected chi connectivity index (χ2v) is 5.89. The molecule has 0 saturated carbocycles. The highest BCUT2D eigenvalue weighted by molar-refractivity contribution is 7.14. The molecule has 0 bridgehead atoms. The van der Waals surface area contributed by atoms with Gasteiger partial charge in [-0.05, 0) is 18.2 Å². The zero-order valence-corrected chi connectivity index (χ0v) is 13.8. The van der Waals surface area contributed by atoms with Crippen molar-refractivity contribution in [3.05, 3.63) is 47.5 Å². The van der Waals surface area contributed by atoms with E-state index in [1.54, 1.807) is 36.7 Å². The predicted molar refractivity (Wildman–Crippen MR) is 89.8 cm³/mol. The van der Waals surface area contributed by atoms with E-state index in [0.717, 1.165) is 0 Å². The smallest absolute Gasteiger partial charge is 0.273 e. The quantitative estimate of drug-likeness (QED) is 0.842. The van der Waals surface area contributed by atoms with E-state index in [2.05, 4.69) is 16.9 Å². The molecule has 0 spiro atoms. The number of nitrogens with zero attached hydrogens (tertiary/aromatic N) is 2. The third kappa shape index (κ3) is 3.23. The molecule has 8 heteroatoms. The lowest BCUT2D eigenvalue weighted by atomic mass is 10.2. The molecule has 0 radical (unpaired) electrons. The first-order valence-electron chi connectivity index (χ1n) is 7.11.